The molecule has 6 nitrogen and oxygen atoms in total. The van der Waals surface area contributed by atoms with Gasteiger partial charge in [-0.2, -0.15) is 18.3 Å². The molecule has 1 amide bonds. The molecule has 0 saturated carbocycles. The van der Waals surface area contributed by atoms with Crippen LogP contribution >= 0.6 is 0 Å². The van der Waals surface area contributed by atoms with Gasteiger partial charge in [-0.15, -0.1) is 0 Å². The predicted molar refractivity (Wildman–Crippen MR) is 112 cm³/mol. The Morgan fingerprint density at radius 2 is 1.94 bits per heavy atom. The van der Waals surface area contributed by atoms with Gasteiger partial charge in [0.25, 0.3) is 5.91 Å². The van der Waals surface area contributed by atoms with E-state index in [4.69, 9.17) is 0 Å². The fourth-order valence-electron chi connectivity index (χ4n) is 3.84. The number of rotatable bonds is 7. The average molecular weight is 438 g/mol. The van der Waals surface area contributed by atoms with Gasteiger partial charge >= 0.3 is 6.18 Å². The SMILES string of the molecule is CC1CCN(CCCNC(=O)c2cnn(-c3ccc(C(F)(F)F)cn3)c2C(C)C)CC1. The largest absolute Gasteiger partial charge is 0.417 e. The summed E-state index contributed by atoms with van der Waals surface area (Å²) in [6.45, 7) is 9.84. The van der Waals surface area contributed by atoms with Crippen molar-refractivity contribution in [3.63, 3.8) is 0 Å². The Morgan fingerprint density at radius 1 is 1.23 bits per heavy atom. The maximum absolute atomic E-state index is 12.8. The molecule has 3 heterocycles. The topological polar surface area (TPSA) is 63.1 Å². The van der Waals surface area contributed by atoms with Crippen molar-refractivity contribution in [1.82, 2.24) is 25.0 Å². The molecule has 31 heavy (non-hydrogen) atoms. The Kier molecular flexibility index (Phi) is 7.35. The molecule has 0 aliphatic carbocycles. The number of alkyl halides is 3. The first-order chi connectivity index (χ1) is 14.7. The first-order valence-corrected chi connectivity index (χ1v) is 10.8. The Hall–Kier alpha value is -2.42. The van der Waals surface area contributed by atoms with Crippen LogP contribution < -0.4 is 5.32 Å². The number of amides is 1. The monoisotopic (exact) mass is 437 g/mol. The van der Waals surface area contributed by atoms with Crippen molar-refractivity contribution in [2.75, 3.05) is 26.2 Å². The van der Waals surface area contributed by atoms with E-state index < -0.39 is 11.7 Å². The number of carbonyl (C=O) groups excluding carboxylic acids is 1. The second kappa shape index (κ2) is 9.80. The molecular weight excluding hydrogens is 407 g/mol. The molecule has 1 fully saturated rings. The number of pyridine rings is 1. The van der Waals surface area contributed by atoms with Crippen LogP contribution in [0.2, 0.25) is 0 Å². The van der Waals surface area contributed by atoms with Gasteiger partial charge in [0.05, 0.1) is 23.0 Å². The molecule has 0 unspecified atom stereocenters. The molecule has 1 aliphatic rings. The summed E-state index contributed by atoms with van der Waals surface area (Å²) >= 11 is 0. The van der Waals surface area contributed by atoms with Crippen molar-refractivity contribution < 1.29 is 18.0 Å². The number of halogens is 3. The third-order valence-corrected chi connectivity index (χ3v) is 5.70. The van der Waals surface area contributed by atoms with E-state index in [0.29, 0.717) is 17.8 Å². The molecule has 9 heteroatoms. The number of nitrogens with zero attached hydrogens (tertiary/aromatic N) is 4. The molecule has 2 aromatic rings. The van der Waals surface area contributed by atoms with Gasteiger partial charge in [0.15, 0.2) is 5.82 Å². The second-order valence-electron chi connectivity index (χ2n) is 8.55. The quantitative estimate of drug-likeness (QED) is 0.658. The molecule has 1 aliphatic heterocycles. The third kappa shape index (κ3) is 5.84. The highest BCUT2D eigenvalue weighted by atomic mass is 19.4. The number of piperidine rings is 1. The van der Waals surface area contributed by atoms with Crippen molar-refractivity contribution in [3.8, 4) is 5.82 Å². The van der Waals surface area contributed by atoms with Gasteiger partial charge in [-0.1, -0.05) is 20.8 Å². The van der Waals surface area contributed by atoms with Gasteiger partial charge in [0.2, 0.25) is 0 Å². The average Bonchev–Trinajstić information content (AvgIpc) is 3.17. The van der Waals surface area contributed by atoms with Gasteiger partial charge in [0.1, 0.15) is 0 Å². The Bertz CT molecular complexity index is 868. The number of aromatic nitrogens is 3. The summed E-state index contributed by atoms with van der Waals surface area (Å²) in [5.74, 6) is 0.744. The molecule has 2 aromatic heterocycles. The Morgan fingerprint density at radius 3 is 2.52 bits per heavy atom. The minimum absolute atomic E-state index is 0.0670. The van der Waals surface area contributed by atoms with Gasteiger partial charge in [-0.05, 0) is 62.9 Å². The Balaban J connectivity index is 1.63. The standard InChI is InChI=1S/C22H30F3N5O/c1-15(2)20-18(21(31)26-9-4-10-29-11-7-16(3)8-12-29)14-28-30(20)19-6-5-17(13-27-19)22(23,24)25/h5-6,13-16H,4,7-12H2,1-3H3,(H,26,31). The van der Waals surface area contributed by atoms with E-state index >= 15 is 0 Å². The molecule has 170 valence electrons. The fraction of sp³-hybridized carbons (Fsp3) is 0.591. The molecule has 0 spiro atoms. The molecule has 0 atom stereocenters. The minimum Gasteiger partial charge on any atom is -0.352 e. The molecule has 0 aromatic carbocycles. The lowest BCUT2D eigenvalue weighted by Crippen LogP contribution is -2.35. The summed E-state index contributed by atoms with van der Waals surface area (Å²) in [7, 11) is 0. The molecule has 0 radical (unpaired) electrons. The van der Waals surface area contributed by atoms with E-state index in [1.165, 1.54) is 29.8 Å². The van der Waals surface area contributed by atoms with Crippen LogP contribution in [0, 0.1) is 5.92 Å². The zero-order valence-electron chi connectivity index (χ0n) is 18.2. The summed E-state index contributed by atoms with van der Waals surface area (Å²) < 4.78 is 39.9. The number of carbonyl (C=O) groups is 1. The van der Waals surface area contributed by atoms with E-state index in [1.807, 2.05) is 13.8 Å². The molecular formula is C22H30F3N5O. The minimum atomic E-state index is -4.45. The molecule has 1 saturated heterocycles. The van der Waals surface area contributed by atoms with Crippen molar-refractivity contribution in [1.29, 1.82) is 0 Å². The van der Waals surface area contributed by atoms with Gasteiger partial charge < -0.3 is 10.2 Å². The van der Waals surface area contributed by atoms with Crippen molar-refractivity contribution in [3.05, 3.63) is 41.3 Å². The van der Waals surface area contributed by atoms with Crippen LogP contribution in [0.5, 0.6) is 0 Å². The van der Waals surface area contributed by atoms with Gasteiger partial charge in [-0.3, -0.25) is 4.79 Å². The van der Waals surface area contributed by atoms with E-state index in [1.54, 1.807) is 0 Å². The zero-order chi connectivity index (χ0) is 22.6. The fourth-order valence-corrected chi connectivity index (χ4v) is 3.84. The molecule has 0 bridgehead atoms. The van der Waals surface area contributed by atoms with Crippen LogP contribution in [0.25, 0.3) is 5.82 Å². The summed E-state index contributed by atoms with van der Waals surface area (Å²) in [5, 5.41) is 7.18. The van der Waals surface area contributed by atoms with Crippen molar-refractivity contribution >= 4 is 5.91 Å². The lowest BCUT2D eigenvalue weighted by molar-refractivity contribution is -0.137. The Labute approximate surface area is 180 Å². The summed E-state index contributed by atoms with van der Waals surface area (Å²) in [6.07, 6.45) is 1.10. The number of hydrogen-bond donors (Lipinski definition) is 1. The van der Waals surface area contributed by atoms with Gasteiger partial charge in [-0.25, -0.2) is 9.67 Å². The highest BCUT2D eigenvalue weighted by Crippen LogP contribution is 2.29. The van der Waals surface area contributed by atoms with Crippen molar-refractivity contribution in [2.24, 2.45) is 5.92 Å². The highest BCUT2D eigenvalue weighted by molar-refractivity contribution is 5.95. The van der Waals surface area contributed by atoms with Crippen LogP contribution in [0.15, 0.2) is 24.5 Å². The summed E-state index contributed by atoms with van der Waals surface area (Å²) in [4.78, 5) is 19.1. The molecule has 1 N–H and O–H groups in total. The van der Waals surface area contributed by atoms with E-state index in [0.717, 1.165) is 44.2 Å². The first-order valence-electron chi connectivity index (χ1n) is 10.8. The van der Waals surface area contributed by atoms with Crippen LogP contribution in [0.3, 0.4) is 0 Å². The van der Waals surface area contributed by atoms with E-state index in [9.17, 15) is 18.0 Å². The zero-order valence-corrected chi connectivity index (χ0v) is 18.2. The van der Waals surface area contributed by atoms with E-state index in [-0.39, 0.29) is 17.6 Å². The van der Waals surface area contributed by atoms with Crippen LogP contribution in [0.4, 0.5) is 13.2 Å². The summed E-state index contributed by atoms with van der Waals surface area (Å²) in [5.41, 5.74) is 0.217. The first kappa shape index (κ1) is 23.2. The molecule has 3 rings (SSSR count). The van der Waals surface area contributed by atoms with Crippen molar-refractivity contribution in [2.45, 2.75) is 52.1 Å². The second-order valence-corrected chi connectivity index (χ2v) is 8.55. The lowest BCUT2D eigenvalue weighted by atomic mass is 9.99. The highest BCUT2D eigenvalue weighted by Gasteiger charge is 2.31. The number of likely N-dealkylation sites (tertiary alicyclic amines) is 1. The van der Waals surface area contributed by atoms with Crippen LogP contribution in [0.1, 0.15) is 67.6 Å². The number of hydrogen-bond acceptors (Lipinski definition) is 4. The third-order valence-electron chi connectivity index (χ3n) is 5.70. The maximum atomic E-state index is 12.8. The predicted octanol–water partition coefficient (Wildman–Crippen LogP) is 4.26. The van der Waals surface area contributed by atoms with E-state index in [2.05, 4.69) is 27.2 Å². The van der Waals surface area contributed by atoms with Gasteiger partial charge in [0, 0.05) is 12.7 Å². The number of nitrogens with one attached hydrogen (secondary N) is 1. The smallest absolute Gasteiger partial charge is 0.352 e. The summed E-state index contributed by atoms with van der Waals surface area (Å²) in [6, 6.07) is 2.23. The normalized spacial score (nSPS) is 16.1. The van der Waals surface area contributed by atoms with Crippen LogP contribution in [-0.2, 0) is 6.18 Å². The lowest BCUT2D eigenvalue weighted by Gasteiger charge is -2.30. The van der Waals surface area contributed by atoms with Crippen LogP contribution in [-0.4, -0.2) is 51.8 Å². The maximum Gasteiger partial charge on any atom is 0.417 e.